The number of anilines is 1. The Hall–Kier alpha value is -2.64. The molecule has 0 aliphatic carbocycles. The Labute approximate surface area is 184 Å². The van der Waals surface area contributed by atoms with E-state index >= 15 is 0 Å². The van der Waals surface area contributed by atoms with Crippen LogP contribution in [0, 0.1) is 0 Å². The van der Waals surface area contributed by atoms with Crippen molar-refractivity contribution >= 4 is 45.2 Å². The van der Waals surface area contributed by atoms with Crippen LogP contribution in [0.3, 0.4) is 0 Å². The molecule has 1 aliphatic rings. The summed E-state index contributed by atoms with van der Waals surface area (Å²) in [5.74, 6) is -0.197. The summed E-state index contributed by atoms with van der Waals surface area (Å²) in [5, 5.41) is 19.6. The van der Waals surface area contributed by atoms with Gasteiger partial charge in [0.2, 0.25) is 11.6 Å². The summed E-state index contributed by atoms with van der Waals surface area (Å²) in [4.78, 5) is 16.0. The van der Waals surface area contributed by atoms with Crippen LogP contribution in [0.25, 0.3) is 5.82 Å². The van der Waals surface area contributed by atoms with Gasteiger partial charge in [-0.25, -0.2) is 10.1 Å². The van der Waals surface area contributed by atoms with Crippen molar-refractivity contribution in [3.8, 4) is 5.82 Å². The standard InChI is InChI=1S/C17H20BrN9O2S/c1-10-4-2-3-7-26(10)9-12-14(21-25-27(12)16-15(19)23-29-24-16)17(28)22-20-8-11-5-6-13(18)30-11/h5-6,8,10H,2-4,7,9H2,1H3,(H2,19,23)(H,22,28)/b20-8+/t10-/m0/s1. The minimum atomic E-state index is -0.470. The minimum absolute atomic E-state index is 0.0705. The zero-order valence-corrected chi connectivity index (χ0v) is 18.6. The number of piperidine rings is 1. The lowest BCUT2D eigenvalue weighted by atomic mass is 10.0. The summed E-state index contributed by atoms with van der Waals surface area (Å²) in [6, 6.07) is 4.18. The van der Waals surface area contributed by atoms with E-state index in [-0.39, 0.29) is 17.3 Å². The molecule has 13 heteroatoms. The number of likely N-dealkylation sites (tertiary alicyclic amines) is 1. The van der Waals surface area contributed by atoms with Crippen LogP contribution in [0.5, 0.6) is 0 Å². The highest BCUT2D eigenvalue weighted by atomic mass is 79.9. The Kier molecular flexibility index (Phi) is 6.20. The SMILES string of the molecule is C[C@H]1CCCCN1Cc1c(C(=O)N/N=C/c2ccc(Br)s2)nnn1-c1nonc1N. The number of hydrogen-bond donors (Lipinski definition) is 2. The molecule has 0 unspecified atom stereocenters. The van der Waals surface area contributed by atoms with Crippen molar-refractivity contribution in [1.29, 1.82) is 0 Å². The van der Waals surface area contributed by atoms with Crippen molar-refractivity contribution in [2.24, 2.45) is 5.10 Å². The number of thiophene rings is 1. The first-order chi connectivity index (χ1) is 14.5. The Balaban J connectivity index is 1.60. The van der Waals surface area contributed by atoms with Gasteiger partial charge in [0.1, 0.15) is 0 Å². The van der Waals surface area contributed by atoms with Gasteiger partial charge >= 0.3 is 0 Å². The van der Waals surface area contributed by atoms with Crippen molar-refractivity contribution in [3.05, 3.63) is 32.2 Å². The summed E-state index contributed by atoms with van der Waals surface area (Å²) in [7, 11) is 0. The van der Waals surface area contributed by atoms with Gasteiger partial charge in [0.15, 0.2) is 5.69 Å². The maximum Gasteiger partial charge on any atom is 0.293 e. The average molecular weight is 494 g/mol. The first kappa shape index (κ1) is 20.6. The van der Waals surface area contributed by atoms with Gasteiger partial charge in [-0.05, 0) is 64.7 Å². The molecule has 3 N–H and O–H groups in total. The molecule has 0 saturated carbocycles. The highest BCUT2D eigenvalue weighted by Crippen LogP contribution is 2.23. The van der Waals surface area contributed by atoms with Crippen LogP contribution in [0.15, 0.2) is 25.6 Å². The predicted molar refractivity (Wildman–Crippen MR) is 114 cm³/mol. The second kappa shape index (κ2) is 9.02. The molecule has 0 spiro atoms. The van der Waals surface area contributed by atoms with E-state index in [1.165, 1.54) is 22.4 Å². The number of halogens is 1. The number of carbonyl (C=O) groups excluding carboxylic acids is 1. The lowest BCUT2D eigenvalue weighted by molar-refractivity contribution is 0.0945. The Morgan fingerprint density at radius 1 is 1.47 bits per heavy atom. The molecule has 3 aromatic rings. The van der Waals surface area contributed by atoms with Crippen LogP contribution in [-0.4, -0.2) is 54.9 Å². The normalized spacial score (nSPS) is 17.6. The number of amides is 1. The summed E-state index contributed by atoms with van der Waals surface area (Å²) in [5.41, 5.74) is 9.06. The maximum atomic E-state index is 12.8. The number of rotatable bonds is 6. The lowest BCUT2D eigenvalue weighted by Gasteiger charge is -2.33. The van der Waals surface area contributed by atoms with E-state index in [1.807, 2.05) is 12.1 Å². The number of hydrazone groups is 1. The summed E-state index contributed by atoms with van der Waals surface area (Å²) >= 11 is 4.90. The van der Waals surface area contributed by atoms with Crippen molar-refractivity contribution in [2.75, 3.05) is 12.3 Å². The van der Waals surface area contributed by atoms with Gasteiger partial charge in [0.25, 0.3) is 5.91 Å². The fourth-order valence-corrected chi connectivity index (χ4v) is 4.61. The molecule has 1 aliphatic heterocycles. The highest BCUT2D eigenvalue weighted by molar-refractivity contribution is 9.11. The van der Waals surface area contributed by atoms with Gasteiger partial charge in [-0.3, -0.25) is 9.69 Å². The number of nitrogens with two attached hydrogens (primary N) is 1. The number of hydrogen-bond acceptors (Lipinski definition) is 10. The molecule has 0 aromatic carbocycles. The number of nitrogens with one attached hydrogen (secondary N) is 1. The van der Waals surface area contributed by atoms with Gasteiger partial charge in [0.05, 0.1) is 15.7 Å². The van der Waals surface area contributed by atoms with E-state index in [1.54, 1.807) is 6.21 Å². The van der Waals surface area contributed by atoms with E-state index in [4.69, 9.17) is 10.4 Å². The molecule has 1 saturated heterocycles. The molecule has 0 bridgehead atoms. The van der Waals surface area contributed by atoms with Crippen LogP contribution in [0.1, 0.15) is 47.2 Å². The molecular weight excluding hydrogens is 474 g/mol. The monoisotopic (exact) mass is 493 g/mol. The first-order valence-electron chi connectivity index (χ1n) is 9.38. The summed E-state index contributed by atoms with van der Waals surface area (Å²) in [6.07, 6.45) is 4.96. The molecule has 4 heterocycles. The second-order valence-corrected chi connectivity index (χ2v) is 9.42. The van der Waals surface area contributed by atoms with Gasteiger partial charge in [-0.2, -0.15) is 9.78 Å². The third kappa shape index (κ3) is 4.42. The lowest BCUT2D eigenvalue weighted by Crippen LogP contribution is -2.38. The van der Waals surface area contributed by atoms with Gasteiger partial charge < -0.3 is 5.73 Å². The second-order valence-electron chi connectivity index (χ2n) is 6.93. The molecule has 30 heavy (non-hydrogen) atoms. The van der Waals surface area contributed by atoms with Gasteiger partial charge in [0, 0.05) is 17.5 Å². The zero-order chi connectivity index (χ0) is 21.1. The van der Waals surface area contributed by atoms with Crippen LogP contribution in [0.2, 0.25) is 0 Å². The fraction of sp³-hybridized carbons (Fsp3) is 0.412. The van der Waals surface area contributed by atoms with E-state index in [0.29, 0.717) is 18.3 Å². The van der Waals surface area contributed by atoms with Crippen molar-refractivity contribution in [2.45, 2.75) is 38.8 Å². The van der Waals surface area contributed by atoms with Crippen molar-refractivity contribution in [3.63, 3.8) is 0 Å². The minimum Gasteiger partial charge on any atom is -0.378 e. The van der Waals surface area contributed by atoms with E-state index in [0.717, 1.165) is 28.0 Å². The average Bonchev–Trinajstić information content (AvgIpc) is 3.44. The zero-order valence-electron chi connectivity index (χ0n) is 16.2. The van der Waals surface area contributed by atoms with E-state index in [2.05, 4.69) is 58.9 Å². The van der Waals surface area contributed by atoms with Crippen LogP contribution in [0.4, 0.5) is 5.82 Å². The Morgan fingerprint density at radius 3 is 3.03 bits per heavy atom. The van der Waals surface area contributed by atoms with Gasteiger partial charge in [-0.1, -0.05) is 11.6 Å². The van der Waals surface area contributed by atoms with Crippen LogP contribution in [-0.2, 0) is 6.54 Å². The van der Waals surface area contributed by atoms with E-state index in [9.17, 15) is 4.79 Å². The van der Waals surface area contributed by atoms with Crippen molar-refractivity contribution in [1.82, 2.24) is 35.6 Å². The molecular formula is C17H20BrN9O2S. The summed E-state index contributed by atoms with van der Waals surface area (Å²) in [6.45, 7) is 3.55. The molecule has 3 aromatic heterocycles. The first-order valence-corrected chi connectivity index (χ1v) is 11.0. The summed E-state index contributed by atoms with van der Waals surface area (Å²) < 4.78 is 7.08. The highest BCUT2D eigenvalue weighted by Gasteiger charge is 2.27. The molecule has 158 valence electrons. The third-order valence-electron chi connectivity index (χ3n) is 4.92. The van der Waals surface area contributed by atoms with Crippen LogP contribution >= 0.6 is 27.3 Å². The largest absolute Gasteiger partial charge is 0.378 e. The quantitative estimate of drug-likeness (QED) is 0.393. The third-order valence-corrected chi connectivity index (χ3v) is 6.48. The molecule has 4 rings (SSSR count). The topological polar surface area (TPSA) is 140 Å². The molecule has 1 atom stereocenters. The smallest absolute Gasteiger partial charge is 0.293 e. The fourth-order valence-electron chi connectivity index (χ4n) is 3.32. The number of aromatic nitrogens is 5. The number of nitrogen functional groups attached to an aromatic ring is 1. The van der Waals surface area contributed by atoms with Crippen molar-refractivity contribution < 1.29 is 9.42 Å². The molecule has 1 fully saturated rings. The molecule has 0 radical (unpaired) electrons. The van der Waals surface area contributed by atoms with E-state index < -0.39 is 5.91 Å². The Morgan fingerprint density at radius 2 is 2.33 bits per heavy atom. The molecule has 1 amide bonds. The maximum absolute atomic E-state index is 12.8. The molecule has 11 nitrogen and oxygen atoms in total. The number of carbonyl (C=O) groups is 1. The number of nitrogens with zero attached hydrogens (tertiary/aromatic N) is 7. The van der Waals surface area contributed by atoms with Crippen LogP contribution < -0.4 is 11.2 Å². The Bertz CT molecular complexity index is 1060. The predicted octanol–water partition coefficient (Wildman–Crippen LogP) is 2.19. The van der Waals surface area contributed by atoms with Gasteiger partial charge in [-0.15, -0.1) is 16.4 Å².